The molecule has 0 aliphatic carbocycles. The number of hydrogen-bond donors (Lipinski definition) is 0. The van der Waals surface area contributed by atoms with Crippen molar-refractivity contribution in [1.82, 2.24) is 0 Å². The van der Waals surface area contributed by atoms with Gasteiger partial charge in [0, 0.05) is 14.2 Å². The van der Waals surface area contributed by atoms with Gasteiger partial charge in [0.2, 0.25) is 0 Å². The van der Waals surface area contributed by atoms with Crippen LogP contribution < -0.4 is 9.47 Å². The maximum atomic E-state index is 11.2. The number of carbonyl (C=O) groups excluding carboxylic acids is 2. The third-order valence-corrected chi connectivity index (χ3v) is 2.86. The first-order chi connectivity index (χ1) is 11.8. The summed E-state index contributed by atoms with van der Waals surface area (Å²) in [4.78, 5) is 22.4. The number of ether oxygens (including phenoxy) is 6. The summed E-state index contributed by atoms with van der Waals surface area (Å²) in [6.07, 6.45) is 1.22. The standard InChI is InChI=1S/C16H22O8/c1-19-3-5-21-11-23-15-7-14(10-18)16(8-13(15)9-17)24-12-22-6-4-20-2/h7-10H,3-6,11-12H2,1-2H3. The molecule has 0 saturated carbocycles. The number of benzene rings is 1. The average molecular weight is 342 g/mol. The van der Waals surface area contributed by atoms with E-state index in [2.05, 4.69) is 0 Å². The summed E-state index contributed by atoms with van der Waals surface area (Å²) in [6, 6.07) is 2.84. The first kappa shape index (κ1) is 20.0. The van der Waals surface area contributed by atoms with Gasteiger partial charge in [0.05, 0.1) is 37.6 Å². The third-order valence-electron chi connectivity index (χ3n) is 2.86. The Kier molecular flexibility index (Phi) is 10.4. The third kappa shape index (κ3) is 7.05. The molecule has 0 amide bonds. The minimum absolute atomic E-state index is 0.0666. The Morgan fingerprint density at radius 3 is 1.50 bits per heavy atom. The van der Waals surface area contributed by atoms with E-state index in [1.807, 2.05) is 0 Å². The highest BCUT2D eigenvalue weighted by Crippen LogP contribution is 2.27. The summed E-state index contributed by atoms with van der Waals surface area (Å²) in [6.45, 7) is 1.44. The Balaban J connectivity index is 2.66. The molecule has 0 fully saturated rings. The van der Waals surface area contributed by atoms with Gasteiger partial charge in [-0.2, -0.15) is 0 Å². The first-order valence-corrected chi connectivity index (χ1v) is 7.24. The van der Waals surface area contributed by atoms with Crippen molar-refractivity contribution in [3.05, 3.63) is 23.3 Å². The van der Waals surface area contributed by atoms with Crippen molar-refractivity contribution in [2.24, 2.45) is 0 Å². The second kappa shape index (κ2) is 12.4. The molecular weight excluding hydrogens is 320 g/mol. The van der Waals surface area contributed by atoms with E-state index in [1.54, 1.807) is 14.2 Å². The number of rotatable bonds is 14. The fourth-order valence-corrected chi connectivity index (χ4v) is 1.64. The molecule has 134 valence electrons. The molecule has 24 heavy (non-hydrogen) atoms. The Bertz CT molecular complexity index is 457. The van der Waals surface area contributed by atoms with Crippen LogP contribution in [0.3, 0.4) is 0 Å². The zero-order valence-corrected chi connectivity index (χ0v) is 13.8. The van der Waals surface area contributed by atoms with Crippen LogP contribution in [-0.4, -0.2) is 66.8 Å². The minimum Gasteiger partial charge on any atom is -0.467 e. The molecule has 0 heterocycles. The van der Waals surface area contributed by atoms with Gasteiger partial charge in [-0.15, -0.1) is 0 Å². The molecule has 0 saturated heterocycles. The maximum absolute atomic E-state index is 11.2. The summed E-state index contributed by atoms with van der Waals surface area (Å²) < 4.78 is 30.7. The second-order valence-electron chi connectivity index (χ2n) is 4.49. The molecule has 8 heteroatoms. The molecule has 0 atom stereocenters. The maximum Gasteiger partial charge on any atom is 0.189 e. The fourth-order valence-electron chi connectivity index (χ4n) is 1.64. The quantitative estimate of drug-likeness (QED) is 0.284. The van der Waals surface area contributed by atoms with E-state index in [1.165, 1.54) is 12.1 Å². The van der Waals surface area contributed by atoms with Gasteiger partial charge in [-0.1, -0.05) is 0 Å². The van der Waals surface area contributed by atoms with Crippen LogP contribution in [0.25, 0.3) is 0 Å². The Morgan fingerprint density at radius 1 is 0.750 bits per heavy atom. The van der Waals surface area contributed by atoms with E-state index < -0.39 is 0 Å². The van der Waals surface area contributed by atoms with Crippen LogP contribution in [0.4, 0.5) is 0 Å². The smallest absolute Gasteiger partial charge is 0.189 e. The van der Waals surface area contributed by atoms with Crippen molar-refractivity contribution in [3.63, 3.8) is 0 Å². The second-order valence-corrected chi connectivity index (χ2v) is 4.49. The van der Waals surface area contributed by atoms with E-state index in [0.29, 0.717) is 39.0 Å². The van der Waals surface area contributed by atoms with Crippen LogP contribution in [0.5, 0.6) is 11.5 Å². The zero-order valence-electron chi connectivity index (χ0n) is 13.8. The largest absolute Gasteiger partial charge is 0.467 e. The zero-order chi connectivity index (χ0) is 17.6. The van der Waals surface area contributed by atoms with Gasteiger partial charge in [-0.05, 0) is 12.1 Å². The van der Waals surface area contributed by atoms with E-state index in [0.717, 1.165) is 0 Å². The van der Waals surface area contributed by atoms with Crippen molar-refractivity contribution in [2.75, 3.05) is 54.2 Å². The molecule has 1 aromatic rings. The van der Waals surface area contributed by atoms with Gasteiger partial charge in [0.25, 0.3) is 0 Å². The summed E-state index contributed by atoms with van der Waals surface area (Å²) in [5, 5.41) is 0. The van der Waals surface area contributed by atoms with Gasteiger partial charge in [-0.25, -0.2) is 0 Å². The summed E-state index contributed by atoms with van der Waals surface area (Å²) >= 11 is 0. The molecule has 0 unspecified atom stereocenters. The average Bonchev–Trinajstić information content (AvgIpc) is 2.61. The van der Waals surface area contributed by atoms with E-state index >= 15 is 0 Å². The lowest BCUT2D eigenvalue weighted by atomic mass is 10.1. The Labute approximate surface area is 140 Å². The van der Waals surface area contributed by atoms with Crippen LogP contribution in [0.2, 0.25) is 0 Å². The van der Waals surface area contributed by atoms with Crippen molar-refractivity contribution in [3.8, 4) is 11.5 Å². The van der Waals surface area contributed by atoms with Gasteiger partial charge in [0.15, 0.2) is 26.2 Å². The first-order valence-electron chi connectivity index (χ1n) is 7.24. The highest BCUT2D eigenvalue weighted by molar-refractivity contribution is 5.87. The highest BCUT2D eigenvalue weighted by Gasteiger charge is 2.12. The lowest BCUT2D eigenvalue weighted by Gasteiger charge is -2.13. The number of hydrogen-bond acceptors (Lipinski definition) is 8. The summed E-state index contributed by atoms with van der Waals surface area (Å²) in [5.74, 6) is 0.467. The van der Waals surface area contributed by atoms with Crippen LogP contribution in [0.15, 0.2) is 12.1 Å². The fraction of sp³-hybridized carbons (Fsp3) is 0.500. The van der Waals surface area contributed by atoms with Crippen molar-refractivity contribution < 1.29 is 38.0 Å². The summed E-state index contributed by atoms with van der Waals surface area (Å²) in [5.41, 5.74) is 0.477. The van der Waals surface area contributed by atoms with Gasteiger partial charge >= 0.3 is 0 Å². The minimum atomic E-state index is -0.0666. The van der Waals surface area contributed by atoms with Crippen LogP contribution >= 0.6 is 0 Å². The number of aldehydes is 2. The lowest BCUT2D eigenvalue weighted by Crippen LogP contribution is -2.11. The van der Waals surface area contributed by atoms with Gasteiger partial charge in [-0.3, -0.25) is 9.59 Å². The molecule has 8 nitrogen and oxygen atoms in total. The normalized spacial score (nSPS) is 10.4. The molecule has 0 aliphatic rings. The topological polar surface area (TPSA) is 89.5 Å². The van der Waals surface area contributed by atoms with Crippen LogP contribution in [0.1, 0.15) is 20.7 Å². The van der Waals surface area contributed by atoms with Crippen molar-refractivity contribution in [2.45, 2.75) is 0 Å². The monoisotopic (exact) mass is 342 g/mol. The SMILES string of the molecule is COCCOCOc1cc(C=O)c(OCOCCOC)cc1C=O. The van der Waals surface area contributed by atoms with Gasteiger partial charge in [0.1, 0.15) is 11.5 Å². The molecule has 1 rings (SSSR count). The Hall–Kier alpha value is -2.00. The molecule has 0 spiro atoms. The molecular formula is C16H22O8. The van der Waals surface area contributed by atoms with Crippen molar-refractivity contribution >= 4 is 12.6 Å². The van der Waals surface area contributed by atoms with E-state index in [4.69, 9.17) is 28.4 Å². The Morgan fingerprint density at radius 2 is 1.17 bits per heavy atom. The summed E-state index contributed by atoms with van der Waals surface area (Å²) in [7, 11) is 3.12. The van der Waals surface area contributed by atoms with Crippen molar-refractivity contribution in [1.29, 1.82) is 0 Å². The molecule has 0 bridgehead atoms. The van der Waals surface area contributed by atoms with Crippen LogP contribution in [0, 0.1) is 0 Å². The van der Waals surface area contributed by atoms with E-state index in [9.17, 15) is 9.59 Å². The number of carbonyl (C=O) groups is 2. The molecule has 0 radical (unpaired) electrons. The number of methoxy groups -OCH3 is 2. The molecule has 0 aromatic heterocycles. The highest BCUT2D eigenvalue weighted by atomic mass is 16.7. The predicted molar refractivity (Wildman–Crippen MR) is 83.9 cm³/mol. The van der Waals surface area contributed by atoms with Crippen LogP contribution in [-0.2, 0) is 18.9 Å². The molecule has 0 N–H and O–H groups in total. The lowest BCUT2D eigenvalue weighted by molar-refractivity contribution is -0.0105. The van der Waals surface area contributed by atoms with Gasteiger partial charge < -0.3 is 28.4 Å². The predicted octanol–water partition coefficient (Wildman–Crippen LogP) is 1.31. The molecule has 0 aliphatic heterocycles. The molecule has 1 aromatic carbocycles. The van der Waals surface area contributed by atoms with E-state index in [-0.39, 0.29) is 36.2 Å².